The molecule has 0 aliphatic carbocycles. The van der Waals surface area contributed by atoms with Crippen molar-refractivity contribution in [2.24, 2.45) is 0 Å². The molecule has 0 aromatic rings. The van der Waals surface area contributed by atoms with Gasteiger partial charge in [-0.05, 0) is 19.8 Å². The molecule has 0 radical (unpaired) electrons. The molecule has 0 aromatic carbocycles. The molecule has 0 amide bonds. The summed E-state index contributed by atoms with van der Waals surface area (Å²) in [6.07, 6.45) is 16.1. The summed E-state index contributed by atoms with van der Waals surface area (Å²) in [6.45, 7) is 8.30. The fraction of sp³-hybridized carbons (Fsp3) is 0.571. The summed E-state index contributed by atoms with van der Waals surface area (Å²) in [7, 11) is 0. The van der Waals surface area contributed by atoms with Crippen molar-refractivity contribution in [2.45, 2.75) is 52.4 Å². The Morgan fingerprint density at radius 3 is 2.43 bits per heavy atom. The van der Waals surface area contributed by atoms with Crippen molar-refractivity contribution >= 4 is 0 Å². The fourth-order valence-electron chi connectivity index (χ4n) is 1.34. The average molecular weight is 192 g/mol. The Morgan fingerprint density at radius 2 is 1.79 bits per heavy atom. The second-order valence-electron chi connectivity index (χ2n) is 3.71. The number of unbranched alkanes of at least 4 members (excludes halogenated alkanes) is 4. The van der Waals surface area contributed by atoms with Crippen LogP contribution in [-0.2, 0) is 0 Å². The summed E-state index contributed by atoms with van der Waals surface area (Å²) >= 11 is 0. The molecule has 0 nitrogen and oxygen atoms in total. The van der Waals surface area contributed by atoms with E-state index < -0.39 is 0 Å². The smallest absolute Gasteiger partial charge is 0.0285 e. The molecule has 0 aliphatic rings. The van der Waals surface area contributed by atoms with E-state index in [-0.39, 0.29) is 0 Å². The summed E-state index contributed by atoms with van der Waals surface area (Å²) in [4.78, 5) is 0. The first-order valence-electron chi connectivity index (χ1n) is 5.78. The Labute approximate surface area is 89.4 Å². The van der Waals surface area contributed by atoms with Gasteiger partial charge in [0.25, 0.3) is 0 Å². The van der Waals surface area contributed by atoms with Gasteiger partial charge >= 0.3 is 0 Å². The normalized spacial score (nSPS) is 11.6. The van der Waals surface area contributed by atoms with Crippen molar-refractivity contribution in [1.82, 2.24) is 0 Å². The van der Waals surface area contributed by atoms with E-state index in [0.29, 0.717) is 0 Å². The standard InChI is InChI=1S/C14H24/c1-4-6-8-9-11-13-14(3)12-10-7-5-2/h5,7,10,12H,3-4,6,8-9,11,13H2,1-2H3/b7-5-,12-10-. The van der Waals surface area contributed by atoms with E-state index in [0.717, 1.165) is 6.42 Å². The molecule has 0 heterocycles. The summed E-state index contributed by atoms with van der Waals surface area (Å²) in [6, 6.07) is 0. The van der Waals surface area contributed by atoms with Gasteiger partial charge in [0.05, 0.1) is 0 Å². The fourth-order valence-corrected chi connectivity index (χ4v) is 1.34. The van der Waals surface area contributed by atoms with E-state index in [1.165, 1.54) is 37.7 Å². The van der Waals surface area contributed by atoms with Crippen LogP contribution in [0.25, 0.3) is 0 Å². The van der Waals surface area contributed by atoms with Gasteiger partial charge in [-0.3, -0.25) is 0 Å². The molecule has 0 unspecified atom stereocenters. The molecule has 0 aromatic heterocycles. The molecule has 0 bridgehead atoms. The number of allylic oxidation sites excluding steroid dienone is 5. The highest BCUT2D eigenvalue weighted by Crippen LogP contribution is 2.10. The summed E-state index contributed by atoms with van der Waals surface area (Å²) in [5.74, 6) is 0. The van der Waals surface area contributed by atoms with Gasteiger partial charge in [0.15, 0.2) is 0 Å². The van der Waals surface area contributed by atoms with Crippen molar-refractivity contribution in [1.29, 1.82) is 0 Å². The van der Waals surface area contributed by atoms with Gasteiger partial charge in [0, 0.05) is 0 Å². The van der Waals surface area contributed by atoms with Crippen LogP contribution in [-0.4, -0.2) is 0 Å². The first-order valence-corrected chi connectivity index (χ1v) is 5.78. The topological polar surface area (TPSA) is 0 Å². The summed E-state index contributed by atoms with van der Waals surface area (Å²) in [5.41, 5.74) is 1.25. The Balaban J connectivity index is 3.35. The van der Waals surface area contributed by atoms with Gasteiger partial charge < -0.3 is 0 Å². The van der Waals surface area contributed by atoms with Gasteiger partial charge in [-0.2, -0.15) is 0 Å². The minimum absolute atomic E-state index is 1.15. The number of rotatable bonds is 8. The number of hydrogen-bond acceptors (Lipinski definition) is 0. The molecule has 0 heteroatoms. The molecule has 0 atom stereocenters. The third-order valence-corrected chi connectivity index (χ3v) is 2.24. The van der Waals surface area contributed by atoms with Crippen LogP contribution in [0.15, 0.2) is 36.5 Å². The van der Waals surface area contributed by atoms with Gasteiger partial charge in [0.1, 0.15) is 0 Å². The highest BCUT2D eigenvalue weighted by atomic mass is 14.0. The maximum atomic E-state index is 4.02. The van der Waals surface area contributed by atoms with Crippen LogP contribution in [0.2, 0.25) is 0 Å². The lowest BCUT2D eigenvalue weighted by atomic mass is 10.1. The minimum atomic E-state index is 1.15. The first kappa shape index (κ1) is 13.2. The van der Waals surface area contributed by atoms with Crippen molar-refractivity contribution < 1.29 is 0 Å². The number of hydrogen-bond donors (Lipinski definition) is 0. The lowest BCUT2D eigenvalue weighted by Crippen LogP contribution is -1.80. The lowest BCUT2D eigenvalue weighted by Gasteiger charge is -1.99. The third-order valence-electron chi connectivity index (χ3n) is 2.24. The van der Waals surface area contributed by atoms with Gasteiger partial charge in [0.2, 0.25) is 0 Å². The van der Waals surface area contributed by atoms with E-state index in [4.69, 9.17) is 0 Å². The van der Waals surface area contributed by atoms with Crippen LogP contribution in [0.1, 0.15) is 52.4 Å². The van der Waals surface area contributed by atoms with E-state index >= 15 is 0 Å². The quantitative estimate of drug-likeness (QED) is 0.373. The largest absolute Gasteiger partial charge is 0.0958 e. The van der Waals surface area contributed by atoms with Crippen molar-refractivity contribution in [3.05, 3.63) is 36.5 Å². The van der Waals surface area contributed by atoms with Crippen LogP contribution in [0.4, 0.5) is 0 Å². The predicted molar refractivity (Wildman–Crippen MR) is 66.5 cm³/mol. The van der Waals surface area contributed by atoms with Crippen LogP contribution >= 0.6 is 0 Å². The lowest BCUT2D eigenvalue weighted by molar-refractivity contribution is 0.633. The molecular weight excluding hydrogens is 168 g/mol. The molecule has 0 rings (SSSR count). The summed E-state index contributed by atoms with van der Waals surface area (Å²) in [5, 5.41) is 0. The second kappa shape index (κ2) is 10.3. The average Bonchev–Trinajstić information content (AvgIpc) is 2.18. The minimum Gasteiger partial charge on any atom is -0.0958 e. The van der Waals surface area contributed by atoms with Crippen molar-refractivity contribution in [2.75, 3.05) is 0 Å². The van der Waals surface area contributed by atoms with E-state index in [9.17, 15) is 0 Å². The Kier molecular flexibility index (Phi) is 9.73. The van der Waals surface area contributed by atoms with Gasteiger partial charge in [-0.1, -0.05) is 69.1 Å². The van der Waals surface area contributed by atoms with Crippen LogP contribution in [0.5, 0.6) is 0 Å². The molecular formula is C14H24. The first-order chi connectivity index (χ1) is 6.81. The SMILES string of the molecule is C=C(/C=C\C=C/C)CCCCCCC. The van der Waals surface area contributed by atoms with E-state index in [1.807, 2.05) is 19.1 Å². The third kappa shape index (κ3) is 9.31. The maximum absolute atomic E-state index is 4.02. The highest BCUT2D eigenvalue weighted by molar-refractivity contribution is 5.18. The second-order valence-corrected chi connectivity index (χ2v) is 3.71. The molecule has 0 N–H and O–H groups in total. The molecule has 80 valence electrons. The highest BCUT2D eigenvalue weighted by Gasteiger charge is 1.90. The Morgan fingerprint density at radius 1 is 1.07 bits per heavy atom. The van der Waals surface area contributed by atoms with Crippen LogP contribution in [0, 0.1) is 0 Å². The maximum Gasteiger partial charge on any atom is -0.0285 e. The van der Waals surface area contributed by atoms with E-state index in [1.54, 1.807) is 0 Å². The molecule has 0 aliphatic heterocycles. The molecule has 0 saturated heterocycles. The van der Waals surface area contributed by atoms with E-state index in [2.05, 4.69) is 25.7 Å². The van der Waals surface area contributed by atoms with Crippen LogP contribution < -0.4 is 0 Å². The van der Waals surface area contributed by atoms with Gasteiger partial charge in [-0.25, -0.2) is 0 Å². The van der Waals surface area contributed by atoms with Gasteiger partial charge in [-0.15, -0.1) is 0 Å². The predicted octanol–water partition coefficient (Wildman–Crippen LogP) is 5.04. The zero-order valence-electron chi connectivity index (χ0n) is 9.76. The van der Waals surface area contributed by atoms with Crippen LogP contribution in [0.3, 0.4) is 0 Å². The van der Waals surface area contributed by atoms with Crippen molar-refractivity contribution in [3.63, 3.8) is 0 Å². The Bertz CT molecular complexity index is 184. The zero-order valence-corrected chi connectivity index (χ0v) is 9.76. The molecule has 14 heavy (non-hydrogen) atoms. The monoisotopic (exact) mass is 192 g/mol. The molecule has 0 saturated carbocycles. The summed E-state index contributed by atoms with van der Waals surface area (Å²) < 4.78 is 0. The zero-order chi connectivity index (χ0) is 10.6. The Hall–Kier alpha value is -0.780. The molecule has 0 fully saturated rings. The molecule has 0 spiro atoms. The van der Waals surface area contributed by atoms with Crippen molar-refractivity contribution in [3.8, 4) is 0 Å².